The van der Waals surface area contributed by atoms with Crippen molar-refractivity contribution in [3.05, 3.63) is 0 Å². The van der Waals surface area contributed by atoms with E-state index in [0.717, 1.165) is 0 Å². The van der Waals surface area contributed by atoms with E-state index in [4.69, 9.17) is 0 Å². The molecule has 0 heterocycles. The van der Waals surface area contributed by atoms with E-state index in [0.29, 0.717) is 0 Å². The van der Waals surface area contributed by atoms with E-state index < -0.39 is 7.60 Å². The Morgan fingerprint density at radius 1 is 1.57 bits per heavy atom. The molecular formula is C2H5CaO3P. The molecule has 0 aliphatic heterocycles. The topological polar surface area (TPSA) is 63.2 Å². The Labute approximate surface area is 72.3 Å². The zero-order valence-corrected chi connectivity index (χ0v) is 7.19. The van der Waals surface area contributed by atoms with Crippen LogP contribution >= 0.6 is 7.60 Å². The maximum absolute atomic E-state index is 9.47. The average molecular weight is 148 g/mol. The molecule has 0 unspecified atom stereocenters. The van der Waals surface area contributed by atoms with Gasteiger partial charge in [0.2, 0.25) is 0 Å². The Morgan fingerprint density at radius 3 is 1.71 bits per heavy atom. The van der Waals surface area contributed by atoms with Gasteiger partial charge in [-0.3, -0.25) is 0 Å². The van der Waals surface area contributed by atoms with Gasteiger partial charge in [0.1, 0.15) is 0 Å². The van der Waals surface area contributed by atoms with E-state index >= 15 is 0 Å². The van der Waals surface area contributed by atoms with Gasteiger partial charge in [-0.15, -0.1) is 0 Å². The van der Waals surface area contributed by atoms with Crippen molar-refractivity contribution in [1.82, 2.24) is 0 Å². The monoisotopic (exact) mass is 148 g/mol. The van der Waals surface area contributed by atoms with E-state index in [1.165, 1.54) is 6.92 Å². The molecule has 0 radical (unpaired) electrons. The summed E-state index contributed by atoms with van der Waals surface area (Å²) in [6, 6.07) is 0. The van der Waals surface area contributed by atoms with Crippen LogP contribution in [0, 0.1) is 0 Å². The van der Waals surface area contributed by atoms with Gasteiger partial charge in [-0.05, 0) is 6.16 Å². The molecule has 38 valence electrons. The maximum Gasteiger partial charge on any atom is 2.00 e. The molecule has 0 bridgehead atoms. The van der Waals surface area contributed by atoms with Crippen molar-refractivity contribution in [3.8, 4) is 0 Å². The van der Waals surface area contributed by atoms with Crippen LogP contribution in [0.15, 0.2) is 0 Å². The first-order valence-electron chi connectivity index (χ1n) is 1.57. The molecule has 3 nitrogen and oxygen atoms in total. The third kappa shape index (κ3) is 11.2. The molecule has 0 spiro atoms. The molecule has 0 aliphatic carbocycles. The Bertz CT molecular complexity index is 77.0. The van der Waals surface area contributed by atoms with Gasteiger partial charge in [0.15, 0.2) is 0 Å². The minimum absolute atomic E-state index is 0. The number of rotatable bonds is 1. The number of hydrogen-bond donors (Lipinski definition) is 0. The predicted octanol–water partition coefficient (Wildman–Crippen LogP) is -1.46. The third-order valence-electron chi connectivity index (χ3n) is 0.387. The second-order valence-electron chi connectivity index (χ2n) is 0.927. The SMILES string of the molecule is CCP(=O)([O-])[O-].[Ca+2]. The fourth-order valence-electron chi connectivity index (χ4n) is 0. The van der Waals surface area contributed by atoms with Crippen molar-refractivity contribution < 1.29 is 14.4 Å². The molecule has 0 aromatic rings. The van der Waals surface area contributed by atoms with Gasteiger partial charge in [0.05, 0.1) is 0 Å². The van der Waals surface area contributed by atoms with Gasteiger partial charge in [0, 0.05) is 0 Å². The van der Waals surface area contributed by atoms with Crippen molar-refractivity contribution in [2.45, 2.75) is 6.92 Å². The van der Waals surface area contributed by atoms with Gasteiger partial charge in [-0.2, -0.15) is 0 Å². The van der Waals surface area contributed by atoms with Crippen molar-refractivity contribution in [2.24, 2.45) is 0 Å². The Balaban J connectivity index is 0. The van der Waals surface area contributed by atoms with Crippen molar-refractivity contribution in [3.63, 3.8) is 0 Å². The molecule has 0 aliphatic rings. The molecule has 0 aromatic carbocycles. The zero-order chi connectivity index (χ0) is 5.21. The summed E-state index contributed by atoms with van der Waals surface area (Å²) in [6.07, 6.45) is -0.285. The van der Waals surface area contributed by atoms with E-state index in [-0.39, 0.29) is 43.9 Å². The summed E-state index contributed by atoms with van der Waals surface area (Å²) >= 11 is 0. The minimum atomic E-state index is -4.15. The quantitative estimate of drug-likeness (QED) is 0.337. The van der Waals surface area contributed by atoms with Gasteiger partial charge in [0.25, 0.3) is 0 Å². The molecule has 0 N–H and O–H groups in total. The summed E-state index contributed by atoms with van der Waals surface area (Å²) in [6.45, 7) is 1.32. The zero-order valence-electron chi connectivity index (χ0n) is 4.09. The Kier molecular flexibility index (Phi) is 6.91. The molecule has 0 atom stereocenters. The van der Waals surface area contributed by atoms with E-state index in [1.54, 1.807) is 0 Å². The average Bonchev–Trinajstić information content (AvgIpc) is 1.35. The third-order valence-corrected chi connectivity index (χ3v) is 1.16. The smallest absolute Gasteiger partial charge is 0.811 e. The van der Waals surface area contributed by atoms with Crippen LogP contribution in [-0.4, -0.2) is 43.9 Å². The van der Waals surface area contributed by atoms with Crippen LogP contribution in [0.1, 0.15) is 6.92 Å². The molecule has 5 heteroatoms. The van der Waals surface area contributed by atoms with Crippen LogP contribution in [0.4, 0.5) is 0 Å². The molecule has 0 amide bonds. The van der Waals surface area contributed by atoms with E-state index in [2.05, 4.69) is 0 Å². The van der Waals surface area contributed by atoms with Crippen LogP contribution in [-0.2, 0) is 4.57 Å². The first kappa shape index (κ1) is 11.2. The van der Waals surface area contributed by atoms with Crippen LogP contribution in [0.3, 0.4) is 0 Å². The molecule has 0 aromatic heterocycles. The Hall–Kier alpha value is 1.41. The molecule has 0 fully saturated rings. The van der Waals surface area contributed by atoms with Crippen LogP contribution in [0.5, 0.6) is 0 Å². The first-order chi connectivity index (χ1) is 2.56. The van der Waals surface area contributed by atoms with Crippen LogP contribution < -0.4 is 9.79 Å². The second-order valence-corrected chi connectivity index (χ2v) is 2.78. The van der Waals surface area contributed by atoms with E-state index in [1.807, 2.05) is 0 Å². The molecule has 0 rings (SSSR count). The van der Waals surface area contributed by atoms with Gasteiger partial charge in [-0.25, -0.2) is 0 Å². The standard InChI is InChI=1S/C2H7O3P.Ca/c1-2-6(3,4)5;/h2H2,1H3,(H2,3,4,5);/q;+2/p-2. The van der Waals surface area contributed by atoms with Crippen molar-refractivity contribution >= 4 is 45.3 Å². The predicted molar refractivity (Wildman–Crippen MR) is 23.9 cm³/mol. The fraction of sp³-hybridized carbons (Fsp3) is 1.00. The summed E-state index contributed by atoms with van der Waals surface area (Å²) < 4.78 is 9.47. The van der Waals surface area contributed by atoms with Crippen LogP contribution in [0.2, 0.25) is 0 Å². The van der Waals surface area contributed by atoms with Crippen molar-refractivity contribution in [1.29, 1.82) is 0 Å². The molecule has 0 saturated carbocycles. The minimum Gasteiger partial charge on any atom is -0.811 e. The van der Waals surface area contributed by atoms with Crippen molar-refractivity contribution in [2.75, 3.05) is 6.16 Å². The second kappa shape index (κ2) is 4.30. The van der Waals surface area contributed by atoms with Crippen LogP contribution in [0.25, 0.3) is 0 Å². The summed E-state index contributed by atoms with van der Waals surface area (Å²) in [5.74, 6) is 0. The molecular weight excluding hydrogens is 143 g/mol. The largest absolute Gasteiger partial charge is 2.00 e. The normalized spacial score (nSPS) is 10.1. The van der Waals surface area contributed by atoms with Gasteiger partial charge >= 0.3 is 37.7 Å². The Morgan fingerprint density at radius 2 is 1.71 bits per heavy atom. The summed E-state index contributed by atoms with van der Waals surface area (Å²) in [7, 11) is -4.15. The van der Waals surface area contributed by atoms with E-state index in [9.17, 15) is 14.4 Å². The molecule has 0 saturated heterocycles. The number of hydrogen-bond acceptors (Lipinski definition) is 3. The molecule has 7 heavy (non-hydrogen) atoms. The maximum atomic E-state index is 9.47. The van der Waals surface area contributed by atoms with Gasteiger partial charge < -0.3 is 14.4 Å². The fourth-order valence-corrected chi connectivity index (χ4v) is 0. The first-order valence-corrected chi connectivity index (χ1v) is 3.30. The summed E-state index contributed by atoms with van der Waals surface area (Å²) in [5, 5.41) is 0. The van der Waals surface area contributed by atoms with Gasteiger partial charge in [-0.1, -0.05) is 14.5 Å². The summed E-state index contributed by atoms with van der Waals surface area (Å²) in [4.78, 5) is 18.9. The summed E-state index contributed by atoms with van der Waals surface area (Å²) in [5.41, 5.74) is 0.